The van der Waals surface area contributed by atoms with Gasteiger partial charge in [0.1, 0.15) is 11.6 Å². The van der Waals surface area contributed by atoms with Crippen molar-refractivity contribution in [3.05, 3.63) is 47.5 Å². The summed E-state index contributed by atoms with van der Waals surface area (Å²) in [7, 11) is 3.45. The van der Waals surface area contributed by atoms with Gasteiger partial charge in [-0.3, -0.25) is 4.68 Å². The van der Waals surface area contributed by atoms with Crippen LogP contribution in [0.2, 0.25) is 0 Å². The molecule has 21 heavy (non-hydrogen) atoms. The lowest BCUT2D eigenvalue weighted by Gasteiger charge is -2.21. The number of nitrogens with zero attached hydrogens (tertiary/aromatic N) is 2. The lowest BCUT2D eigenvalue weighted by molar-refractivity contribution is 0.389. The smallest absolute Gasteiger partial charge is 0.131 e. The number of aromatic nitrogens is 2. The van der Waals surface area contributed by atoms with Crippen molar-refractivity contribution in [3.8, 4) is 5.75 Å². The van der Waals surface area contributed by atoms with Gasteiger partial charge in [0, 0.05) is 24.8 Å². The second-order valence-electron chi connectivity index (χ2n) is 5.09. The fraction of sp³-hybridized carbons (Fsp3) is 0.438. The summed E-state index contributed by atoms with van der Waals surface area (Å²) in [6.07, 6.45) is 5.42. The minimum atomic E-state index is -0.244. The SMILES string of the molecule is CCCNC(Cc1cnn(C)c1)c1c(F)cccc1OC. The van der Waals surface area contributed by atoms with Gasteiger partial charge in [0.15, 0.2) is 0 Å². The van der Waals surface area contributed by atoms with Gasteiger partial charge in [-0.1, -0.05) is 13.0 Å². The van der Waals surface area contributed by atoms with Gasteiger partial charge in [0.2, 0.25) is 0 Å². The molecule has 0 aliphatic heterocycles. The summed E-state index contributed by atoms with van der Waals surface area (Å²) >= 11 is 0. The molecule has 4 nitrogen and oxygen atoms in total. The van der Waals surface area contributed by atoms with E-state index < -0.39 is 0 Å². The normalized spacial score (nSPS) is 12.4. The average Bonchev–Trinajstić information content (AvgIpc) is 2.88. The van der Waals surface area contributed by atoms with E-state index in [1.54, 1.807) is 23.9 Å². The second kappa shape index (κ2) is 7.22. The molecule has 114 valence electrons. The van der Waals surface area contributed by atoms with Crippen LogP contribution in [0.5, 0.6) is 5.75 Å². The summed E-state index contributed by atoms with van der Waals surface area (Å²) in [6, 6.07) is 4.80. The summed E-state index contributed by atoms with van der Waals surface area (Å²) in [5.41, 5.74) is 1.65. The molecule has 1 aromatic heterocycles. The monoisotopic (exact) mass is 291 g/mol. The average molecular weight is 291 g/mol. The van der Waals surface area contributed by atoms with Gasteiger partial charge in [-0.25, -0.2) is 4.39 Å². The Labute approximate surface area is 124 Å². The summed E-state index contributed by atoms with van der Waals surface area (Å²) in [6.45, 7) is 2.91. The number of methoxy groups -OCH3 is 1. The third-order valence-electron chi connectivity index (χ3n) is 3.42. The minimum absolute atomic E-state index is 0.134. The number of aryl methyl sites for hydroxylation is 1. The van der Waals surface area contributed by atoms with Gasteiger partial charge in [0.25, 0.3) is 0 Å². The van der Waals surface area contributed by atoms with Gasteiger partial charge in [-0.15, -0.1) is 0 Å². The molecule has 0 aliphatic rings. The summed E-state index contributed by atoms with van der Waals surface area (Å²) in [4.78, 5) is 0. The first-order valence-corrected chi connectivity index (χ1v) is 7.19. The van der Waals surface area contributed by atoms with Crippen LogP contribution in [0.3, 0.4) is 0 Å². The lowest BCUT2D eigenvalue weighted by atomic mass is 9.99. The fourth-order valence-electron chi connectivity index (χ4n) is 2.44. The van der Waals surface area contributed by atoms with Crippen LogP contribution >= 0.6 is 0 Å². The molecule has 0 aliphatic carbocycles. The predicted molar refractivity (Wildman–Crippen MR) is 80.9 cm³/mol. The van der Waals surface area contributed by atoms with Crippen molar-refractivity contribution >= 4 is 0 Å². The molecule has 0 saturated heterocycles. The van der Waals surface area contributed by atoms with E-state index in [-0.39, 0.29) is 11.9 Å². The number of rotatable bonds is 7. The highest BCUT2D eigenvalue weighted by Crippen LogP contribution is 2.30. The third-order valence-corrected chi connectivity index (χ3v) is 3.42. The first-order valence-electron chi connectivity index (χ1n) is 7.19. The Morgan fingerprint density at radius 1 is 1.43 bits per heavy atom. The van der Waals surface area contributed by atoms with Gasteiger partial charge in [0.05, 0.1) is 13.3 Å². The molecule has 1 atom stereocenters. The zero-order chi connectivity index (χ0) is 15.2. The van der Waals surface area contributed by atoms with Crippen molar-refractivity contribution in [3.63, 3.8) is 0 Å². The Hall–Kier alpha value is -1.88. The molecule has 1 heterocycles. The van der Waals surface area contributed by atoms with E-state index in [4.69, 9.17) is 4.74 Å². The highest BCUT2D eigenvalue weighted by atomic mass is 19.1. The molecule has 0 bridgehead atoms. The standard InChI is InChI=1S/C16H22FN3O/c1-4-8-18-14(9-12-10-19-20(2)11-12)16-13(17)6-5-7-15(16)21-3/h5-7,10-11,14,18H,4,8-9H2,1-3H3. The maximum absolute atomic E-state index is 14.3. The predicted octanol–water partition coefficient (Wildman–Crippen LogP) is 2.85. The Kier molecular flexibility index (Phi) is 5.33. The highest BCUT2D eigenvalue weighted by Gasteiger charge is 2.20. The molecule has 5 heteroatoms. The largest absolute Gasteiger partial charge is 0.496 e. The molecule has 0 amide bonds. The molecule has 1 N–H and O–H groups in total. The summed E-state index contributed by atoms with van der Waals surface area (Å²) in [5.74, 6) is 0.333. The number of hydrogen-bond donors (Lipinski definition) is 1. The van der Waals surface area contributed by atoms with E-state index >= 15 is 0 Å². The van der Waals surface area contributed by atoms with Crippen molar-refractivity contribution in [2.75, 3.05) is 13.7 Å². The second-order valence-corrected chi connectivity index (χ2v) is 5.09. The zero-order valence-electron chi connectivity index (χ0n) is 12.8. The van der Waals surface area contributed by atoms with Gasteiger partial charge >= 0.3 is 0 Å². The van der Waals surface area contributed by atoms with Crippen LogP contribution in [0.15, 0.2) is 30.6 Å². The first-order chi connectivity index (χ1) is 10.2. The quantitative estimate of drug-likeness (QED) is 0.852. The number of nitrogens with one attached hydrogen (secondary N) is 1. The van der Waals surface area contributed by atoms with E-state index in [0.717, 1.165) is 18.5 Å². The Morgan fingerprint density at radius 2 is 2.24 bits per heavy atom. The number of hydrogen-bond acceptors (Lipinski definition) is 3. The Balaban J connectivity index is 2.31. The van der Waals surface area contributed by atoms with Crippen LogP contribution in [-0.2, 0) is 13.5 Å². The van der Waals surface area contributed by atoms with Gasteiger partial charge in [-0.2, -0.15) is 5.10 Å². The topological polar surface area (TPSA) is 39.1 Å². The summed E-state index contributed by atoms with van der Waals surface area (Å²) in [5, 5.41) is 7.57. The minimum Gasteiger partial charge on any atom is -0.496 e. The van der Waals surface area contributed by atoms with Crippen LogP contribution in [0, 0.1) is 5.82 Å². The van der Waals surface area contributed by atoms with E-state index in [9.17, 15) is 4.39 Å². The van der Waals surface area contributed by atoms with Crippen LogP contribution in [-0.4, -0.2) is 23.4 Å². The van der Waals surface area contributed by atoms with Crippen molar-refractivity contribution in [1.82, 2.24) is 15.1 Å². The first kappa shape index (κ1) is 15.5. The van der Waals surface area contributed by atoms with E-state index in [2.05, 4.69) is 17.3 Å². The lowest BCUT2D eigenvalue weighted by Crippen LogP contribution is -2.25. The Bertz CT molecular complexity index is 583. The molecular formula is C16H22FN3O. The molecule has 1 unspecified atom stereocenters. The van der Waals surface area contributed by atoms with Crippen molar-refractivity contribution < 1.29 is 9.13 Å². The number of benzene rings is 1. The molecule has 0 spiro atoms. The fourth-order valence-corrected chi connectivity index (χ4v) is 2.44. The summed E-state index contributed by atoms with van der Waals surface area (Å²) < 4.78 is 21.4. The van der Waals surface area contributed by atoms with Crippen LogP contribution < -0.4 is 10.1 Å². The van der Waals surface area contributed by atoms with E-state index in [0.29, 0.717) is 17.7 Å². The molecule has 2 rings (SSSR count). The maximum atomic E-state index is 14.3. The van der Waals surface area contributed by atoms with Crippen LogP contribution in [0.25, 0.3) is 0 Å². The van der Waals surface area contributed by atoms with Crippen molar-refractivity contribution in [2.45, 2.75) is 25.8 Å². The van der Waals surface area contributed by atoms with Crippen LogP contribution in [0.4, 0.5) is 4.39 Å². The molecule has 1 aromatic carbocycles. The maximum Gasteiger partial charge on any atom is 0.131 e. The van der Waals surface area contributed by atoms with Crippen LogP contribution in [0.1, 0.15) is 30.5 Å². The van der Waals surface area contributed by atoms with E-state index in [1.165, 1.54) is 6.07 Å². The molecule has 0 radical (unpaired) electrons. The van der Waals surface area contributed by atoms with Crippen molar-refractivity contribution in [2.24, 2.45) is 7.05 Å². The third kappa shape index (κ3) is 3.82. The number of ether oxygens (including phenoxy) is 1. The van der Waals surface area contributed by atoms with E-state index in [1.807, 2.05) is 19.4 Å². The van der Waals surface area contributed by atoms with Gasteiger partial charge < -0.3 is 10.1 Å². The Morgan fingerprint density at radius 3 is 2.86 bits per heavy atom. The zero-order valence-corrected chi connectivity index (χ0v) is 12.8. The van der Waals surface area contributed by atoms with Gasteiger partial charge in [-0.05, 0) is 37.1 Å². The molecule has 0 saturated carbocycles. The molecular weight excluding hydrogens is 269 g/mol. The highest BCUT2D eigenvalue weighted by molar-refractivity contribution is 5.38. The van der Waals surface area contributed by atoms with Crippen molar-refractivity contribution in [1.29, 1.82) is 0 Å². The molecule has 2 aromatic rings. The number of halogens is 1. The molecule has 0 fully saturated rings.